The van der Waals surface area contributed by atoms with Crippen molar-refractivity contribution in [3.8, 4) is 0 Å². The smallest absolute Gasteiger partial charge is 0.414 e. The Hall–Kier alpha value is -4.08. The summed E-state index contributed by atoms with van der Waals surface area (Å²) in [4.78, 5) is 28.6. The summed E-state index contributed by atoms with van der Waals surface area (Å²) in [5.41, 5.74) is 3.72. The highest BCUT2D eigenvalue weighted by atomic mass is 16.6. The third-order valence-corrected chi connectivity index (χ3v) is 5.93. The van der Waals surface area contributed by atoms with Crippen molar-refractivity contribution in [3.63, 3.8) is 0 Å². The van der Waals surface area contributed by atoms with Gasteiger partial charge in [0.25, 0.3) is 5.69 Å². The van der Waals surface area contributed by atoms with Crippen LogP contribution in [-0.4, -0.2) is 45.8 Å². The highest BCUT2D eigenvalue weighted by Crippen LogP contribution is 2.34. The molecular weight excluding hydrogens is 464 g/mol. The van der Waals surface area contributed by atoms with Crippen molar-refractivity contribution >= 4 is 17.6 Å². The van der Waals surface area contributed by atoms with E-state index in [-0.39, 0.29) is 28.7 Å². The Bertz CT molecular complexity index is 1080. The summed E-state index contributed by atoms with van der Waals surface area (Å²) in [6, 6.07) is 28.1. The molecule has 1 saturated heterocycles. The maximum absolute atomic E-state index is 10.8. The summed E-state index contributed by atoms with van der Waals surface area (Å²) in [5, 5.41) is 29.1. The molecule has 3 aromatic rings. The topological polar surface area (TPSA) is 139 Å². The van der Waals surface area contributed by atoms with Gasteiger partial charge in [0.05, 0.1) is 17.6 Å². The molecule has 3 aromatic carbocycles. The van der Waals surface area contributed by atoms with E-state index >= 15 is 0 Å². The Kier molecular flexibility index (Phi) is 9.67. The molecule has 4 rings (SSSR count). The number of nitrogens with zero attached hydrogens (tertiary/aromatic N) is 1. The molecule has 0 unspecified atom stereocenters. The molecule has 1 aliphatic rings. The Morgan fingerprint density at radius 1 is 0.889 bits per heavy atom. The van der Waals surface area contributed by atoms with Gasteiger partial charge in [-0.25, -0.2) is 9.59 Å². The van der Waals surface area contributed by atoms with E-state index in [4.69, 9.17) is 24.5 Å². The van der Waals surface area contributed by atoms with Crippen LogP contribution in [0.5, 0.6) is 0 Å². The third kappa shape index (κ3) is 7.72. The first-order valence-electron chi connectivity index (χ1n) is 11.5. The monoisotopic (exact) mass is 492 g/mol. The van der Waals surface area contributed by atoms with Crippen LogP contribution >= 0.6 is 0 Å². The summed E-state index contributed by atoms with van der Waals surface area (Å²) in [6.45, 7) is 1.34. The number of hydrogen-bond donors (Lipinski definition) is 3. The van der Waals surface area contributed by atoms with Gasteiger partial charge < -0.3 is 20.3 Å². The lowest BCUT2D eigenvalue weighted by Gasteiger charge is -2.35. The maximum atomic E-state index is 10.8. The van der Waals surface area contributed by atoms with Gasteiger partial charge in [-0.3, -0.25) is 10.1 Å². The van der Waals surface area contributed by atoms with E-state index in [1.165, 1.54) is 11.1 Å². The van der Waals surface area contributed by atoms with Crippen LogP contribution in [0.25, 0.3) is 0 Å². The lowest BCUT2D eigenvalue weighted by Crippen LogP contribution is -2.41. The lowest BCUT2D eigenvalue weighted by atomic mass is 9.83. The van der Waals surface area contributed by atoms with Crippen molar-refractivity contribution in [1.29, 1.82) is 0 Å². The number of rotatable bonds is 7. The first kappa shape index (κ1) is 26.5. The fourth-order valence-corrected chi connectivity index (χ4v) is 4.14. The average Bonchev–Trinajstić information content (AvgIpc) is 2.90. The van der Waals surface area contributed by atoms with Gasteiger partial charge in [-0.05, 0) is 29.5 Å². The fraction of sp³-hybridized carbons (Fsp3) is 0.259. The van der Waals surface area contributed by atoms with Crippen LogP contribution in [0.2, 0.25) is 0 Å². The number of carbonyl (C=O) groups is 2. The van der Waals surface area contributed by atoms with Gasteiger partial charge in [0.2, 0.25) is 0 Å². The van der Waals surface area contributed by atoms with E-state index < -0.39 is 11.9 Å². The van der Waals surface area contributed by atoms with Gasteiger partial charge in [-0.2, -0.15) is 0 Å². The number of hydrogen-bond acceptors (Lipinski definition) is 6. The van der Waals surface area contributed by atoms with Gasteiger partial charge in [-0.15, -0.1) is 0 Å². The van der Waals surface area contributed by atoms with E-state index in [0.717, 1.165) is 18.4 Å². The van der Waals surface area contributed by atoms with Crippen molar-refractivity contribution < 1.29 is 29.5 Å². The zero-order chi connectivity index (χ0) is 25.9. The molecular formula is C27H28N2O7. The summed E-state index contributed by atoms with van der Waals surface area (Å²) in [6.07, 6.45) is 2.16. The van der Waals surface area contributed by atoms with Crippen molar-refractivity contribution in [1.82, 2.24) is 5.32 Å². The molecule has 9 nitrogen and oxygen atoms in total. The largest absolute Gasteiger partial charge is 0.473 e. The van der Waals surface area contributed by atoms with Crippen LogP contribution in [0.15, 0.2) is 84.9 Å². The third-order valence-electron chi connectivity index (χ3n) is 5.93. The number of nitro groups is 1. The summed E-state index contributed by atoms with van der Waals surface area (Å²) in [5.74, 6) is -3.42. The zero-order valence-corrected chi connectivity index (χ0v) is 19.5. The van der Waals surface area contributed by atoms with Gasteiger partial charge in [0.1, 0.15) is 0 Å². The molecule has 0 saturated carbocycles. The Morgan fingerprint density at radius 2 is 1.42 bits per heavy atom. The Labute approximate surface area is 208 Å². The van der Waals surface area contributed by atoms with Crippen molar-refractivity contribution in [2.75, 3.05) is 6.61 Å². The van der Waals surface area contributed by atoms with Gasteiger partial charge in [-0.1, -0.05) is 72.8 Å². The van der Waals surface area contributed by atoms with E-state index in [1.807, 2.05) is 12.1 Å². The van der Waals surface area contributed by atoms with Crippen LogP contribution < -0.4 is 5.32 Å². The second-order valence-electron chi connectivity index (χ2n) is 8.36. The molecule has 9 heteroatoms. The highest BCUT2D eigenvalue weighted by molar-refractivity contribution is 6.27. The second-order valence-corrected chi connectivity index (χ2v) is 8.36. The zero-order valence-electron chi connectivity index (χ0n) is 19.5. The molecule has 0 amide bonds. The summed E-state index contributed by atoms with van der Waals surface area (Å²) < 4.78 is 6.35. The minimum Gasteiger partial charge on any atom is -0.473 e. The number of benzene rings is 3. The molecule has 0 spiro atoms. The Balaban J connectivity index is 0.000000538. The molecule has 0 aliphatic carbocycles. The van der Waals surface area contributed by atoms with Crippen LogP contribution in [-0.2, 0) is 20.9 Å². The SMILES string of the molecule is O=C(O)C(=O)O.O=[N+]([O-])c1ccc(CN[C@H]2CC[C@@H](C(c3ccccc3)c3ccccc3)OC2)cc1. The first-order chi connectivity index (χ1) is 17.3. The van der Waals surface area contributed by atoms with E-state index in [9.17, 15) is 10.1 Å². The van der Waals surface area contributed by atoms with Crippen LogP contribution in [0.1, 0.15) is 35.4 Å². The molecule has 1 heterocycles. The molecule has 0 radical (unpaired) electrons. The summed E-state index contributed by atoms with van der Waals surface area (Å²) in [7, 11) is 0. The molecule has 1 fully saturated rings. The number of nitro benzene ring substituents is 1. The van der Waals surface area contributed by atoms with E-state index in [0.29, 0.717) is 13.2 Å². The minimum atomic E-state index is -1.82. The number of ether oxygens (including phenoxy) is 1. The number of nitrogens with one attached hydrogen (secondary N) is 1. The average molecular weight is 493 g/mol. The lowest BCUT2D eigenvalue weighted by molar-refractivity contribution is -0.384. The highest BCUT2D eigenvalue weighted by Gasteiger charge is 2.30. The predicted molar refractivity (Wildman–Crippen MR) is 133 cm³/mol. The number of non-ortho nitro benzene ring substituents is 1. The fourth-order valence-electron chi connectivity index (χ4n) is 4.14. The van der Waals surface area contributed by atoms with Crippen LogP contribution in [0.3, 0.4) is 0 Å². The summed E-state index contributed by atoms with van der Waals surface area (Å²) >= 11 is 0. The molecule has 3 N–H and O–H groups in total. The molecule has 1 aliphatic heterocycles. The van der Waals surface area contributed by atoms with Gasteiger partial charge in [0, 0.05) is 30.6 Å². The molecule has 0 bridgehead atoms. The van der Waals surface area contributed by atoms with E-state index in [2.05, 4.69) is 53.8 Å². The first-order valence-corrected chi connectivity index (χ1v) is 11.5. The van der Waals surface area contributed by atoms with Crippen LogP contribution in [0.4, 0.5) is 5.69 Å². The molecule has 2 atom stereocenters. The maximum Gasteiger partial charge on any atom is 0.414 e. The van der Waals surface area contributed by atoms with Crippen LogP contribution in [0, 0.1) is 10.1 Å². The quantitative estimate of drug-likeness (QED) is 0.253. The van der Waals surface area contributed by atoms with Crippen molar-refractivity contribution in [2.45, 2.75) is 37.5 Å². The standard InChI is InChI=1S/C25H26N2O3.C2H2O4/c28-27(29)23-14-11-19(12-15-23)17-26-22-13-16-24(30-18-22)25(20-7-3-1-4-8-20)21-9-5-2-6-10-21;3-1(4)2(5)6/h1-12,14-15,22,24-26H,13,16-18H2;(H,3,4)(H,5,6)/t22-,24-;/m0./s1. The Morgan fingerprint density at radius 3 is 1.83 bits per heavy atom. The van der Waals surface area contributed by atoms with Gasteiger partial charge in [0.15, 0.2) is 0 Å². The second kappa shape index (κ2) is 13.1. The number of carboxylic acids is 2. The van der Waals surface area contributed by atoms with E-state index in [1.54, 1.807) is 24.3 Å². The van der Waals surface area contributed by atoms with Crippen molar-refractivity contribution in [3.05, 3.63) is 112 Å². The van der Waals surface area contributed by atoms with Gasteiger partial charge >= 0.3 is 11.9 Å². The molecule has 188 valence electrons. The molecule has 36 heavy (non-hydrogen) atoms. The van der Waals surface area contributed by atoms with Crippen molar-refractivity contribution in [2.24, 2.45) is 0 Å². The normalized spacial score (nSPS) is 17.0. The number of carboxylic acid groups (broad SMARTS) is 2. The molecule has 0 aromatic heterocycles. The predicted octanol–water partition coefficient (Wildman–Crippen LogP) is 4.22. The minimum absolute atomic E-state index is 0.121. The number of aliphatic carboxylic acids is 2.